The molecule has 0 N–H and O–H groups in total. The SMILES string of the molecule is [N-]=[N+]=NCC1=COCc2ccccc21. The lowest BCUT2D eigenvalue weighted by Crippen LogP contribution is -2.02. The van der Waals surface area contributed by atoms with Crippen LogP contribution in [0.5, 0.6) is 0 Å². The zero-order chi connectivity index (χ0) is 9.80. The van der Waals surface area contributed by atoms with Crippen molar-refractivity contribution in [3.63, 3.8) is 0 Å². The Labute approximate surface area is 81.4 Å². The molecule has 0 aliphatic carbocycles. The first-order valence-corrected chi connectivity index (χ1v) is 4.31. The predicted molar refractivity (Wildman–Crippen MR) is 53.2 cm³/mol. The largest absolute Gasteiger partial charge is 0.496 e. The topological polar surface area (TPSA) is 58.0 Å². The Balaban J connectivity index is 2.35. The van der Waals surface area contributed by atoms with Gasteiger partial charge in [-0.25, -0.2) is 0 Å². The predicted octanol–water partition coefficient (Wildman–Crippen LogP) is 2.87. The Morgan fingerprint density at radius 3 is 3.14 bits per heavy atom. The van der Waals surface area contributed by atoms with E-state index in [9.17, 15) is 0 Å². The van der Waals surface area contributed by atoms with Crippen LogP contribution < -0.4 is 0 Å². The molecule has 0 saturated carbocycles. The van der Waals surface area contributed by atoms with Gasteiger partial charge in [-0.1, -0.05) is 29.4 Å². The minimum atomic E-state index is 0.341. The maximum absolute atomic E-state index is 8.24. The van der Waals surface area contributed by atoms with Crippen LogP contribution in [0, 0.1) is 0 Å². The van der Waals surface area contributed by atoms with Crippen LogP contribution in [-0.2, 0) is 11.3 Å². The van der Waals surface area contributed by atoms with E-state index in [-0.39, 0.29) is 0 Å². The molecule has 0 amide bonds. The van der Waals surface area contributed by atoms with Gasteiger partial charge in [0.15, 0.2) is 0 Å². The van der Waals surface area contributed by atoms with Gasteiger partial charge in [-0.15, -0.1) is 0 Å². The van der Waals surface area contributed by atoms with Gasteiger partial charge in [0.1, 0.15) is 6.61 Å². The van der Waals surface area contributed by atoms with Crippen LogP contribution >= 0.6 is 0 Å². The van der Waals surface area contributed by atoms with Crippen LogP contribution in [0.3, 0.4) is 0 Å². The van der Waals surface area contributed by atoms with E-state index in [4.69, 9.17) is 10.3 Å². The summed E-state index contributed by atoms with van der Waals surface area (Å²) in [5, 5.41) is 3.53. The van der Waals surface area contributed by atoms with Gasteiger partial charge in [-0.2, -0.15) is 0 Å². The summed E-state index contributed by atoms with van der Waals surface area (Å²) in [7, 11) is 0. The minimum Gasteiger partial charge on any atom is -0.496 e. The van der Waals surface area contributed by atoms with E-state index in [1.165, 1.54) is 0 Å². The van der Waals surface area contributed by atoms with Gasteiger partial charge in [0, 0.05) is 10.5 Å². The summed E-state index contributed by atoms with van der Waals surface area (Å²) in [6.07, 6.45) is 1.66. The van der Waals surface area contributed by atoms with Gasteiger partial charge >= 0.3 is 0 Å². The lowest BCUT2D eigenvalue weighted by Gasteiger charge is -2.16. The molecule has 0 bridgehead atoms. The van der Waals surface area contributed by atoms with Crippen molar-refractivity contribution in [1.82, 2.24) is 0 Å². The summed E-state index contributed by atoms with van der Waals surface area (Å²) in [6.45, 7) is 0.934. The summed E-state index contributed by atoms with van der Waals surface area (Å²) >= 11 is 0. The van der Waals surface area contributed by atoms with Crippen molar-refractivity contribution < 1.29 is 4.74 Å². The Kier molecular flexibility index (Phi) is 2.38. The average molecular weight is 187 g/mol. The molecule has 1 aliphatic heterocycles. The highest BCUT2D eigenvalue weighted by molar-refractivity contribution is 5.69. The molecule has 70 valence electrons. The highest BCUT2D eigenvalue weighted by Crippen LogP contribution is 2.24. The summed E-state index contributed by atoms with van der Waals surface area (Å²) < 4.78 is 5.26. The third-order valence-corrected chi connectivity index (χ3v) is 2.13. The number of hydrogen-bond donors (Lipinski definition) is 0. The fourth-order valence-electron chi connectivity index (χ4n) is 1.49. The molecule has 1 aromatic carbocycles. The summed E-state index contributed by atoms with van der Waals surface area (Å²) in [4.78, 5) is 2.73. The standard InChI is InChI=1S/C10H9N3O/c11-13-12-5-9-7-14-6-8-3-1-2-4-10(8)9/h1-4,7H,5-6H2. The Morgan fingerprint density at radius 2 is 2.29 bits per heavy atom. The molecule has 0 unspecified atom stereocenters. The van der Waals surface area contributed by atoms with Crippen molar-refractivity contribution in [2.75, 3.05) is 6.54 Å². The monoisotopic (exact) mass is 187 g/mol. The third-order valence-electron chi connectivity index (χ3n) is 2.13. The van der Waals surface area contributed by atoms with E-state index in [2.05, 4.69) is 10.0 Å². The lowest BCUT2D eigenvalue weighted by molar-refractivity contribution is 0.232. The van der Waals surface area contributed by atoms with Crippen LogP contribution in [0.1, 0.15) is 11.1 Å². The second-order valence-electron chi connectivity index (χ2n) is 3.00. The Bertz CT molecular complexity index is 419. The second-order valence-corrected chi connectivity index (χ2v) is 3.00. The second kappa shape index (κ2) is 3.85. The lowest BCUT2D eigenvalue weighted by atomic mass is 10.00. The number of azide groups is 1. The van der Waals surface area contributed by atoms with Crippen molar-refractivity contribution >= 4 is 5.57 Å². The number of hydrogen-bond acceptors (Lipinski definition) is 2. The van der Waals surface area contributed by atoms with E-state index >= 15 is 0 Å². The molecule has 1 aromatic rings. The molecule has 0 spiro atoms. The number of ether oxygens (including phenoxy) is 1. The van der Waals surface area contributed by atoms with E-state index in [1.54, 1.807) is 6.26 Å². The molecule has 1 heterocycles. The fourth-order valence-corrected chi connectivity index (χ4v) is 1.49. The Hall–Kier alpha value is -1.93. The molecular weight excluding hydrogens is 178 g/mol. The van der Waals surface area contributed by atoms with Gasteiger partial charge in [-0.3, -0.25) is 0 Å². The van der Waals surface area contributed by atoms with Crippen molar-refractivity contribution in [2.45, 2.75) is 6.61 Å². The van der Waals surface area contributed by atoms with Crippen LogP contribution in [0.15, 0.2) is 35.6 Å². The zero-order valence-corrected chi connectivity index (χ0v) is 7.55. The number of benzene rings is 1. The number of rotatable bonds is 2. The molecule has 4 nitrogen and oxygen atoms in total. The third kappa shape index (κ3) is 1.56. The average Bonchev–Trinajstić information content (AvgIpc) is 2.26. The van der Waals surface area contributed by atoms with Crippen LogP contribution in [0.25, 0.3) is 16.0 Å². The molecular formula is C10H9N3O. The normalized spacial score (nSPS) is 13.3. The highest BCUT2D eigenvalue weighted by Gasteiger charge is 2.11. The van der Waals surface area contributed by atoms with Gasteiger partial charge in [0.05, 0.1) is 12.8 Å². The maximum Gasteiger partial charge on any atom is 0.113 e. The van der Waals surface area contributed by atoms with Crippen LogP contribution in [0.2, 0.25) is 0 Å². The van der Waals surface area contributed by atoms with Crippen molar-refractivity contribution in [3.05, 3.63) is 52.1 Å². The van der Waals surface area contributed by atoms with Gasteiger partial charge < -0.3 is 4.74 Å². The molecule has 2 rings (SSSR count). The molecule has 4 heteroatoms. The highest BCUT2D eigenvalue weighted by atomic mass is 16.5. The summed E-state index contributed by atoms with van der Waals surface area (Å²) in [5.74, 6) is 0. The van der Waals surface area contributed by atoms with Gasteiger partial charge in [0.25, 0.3) is 0 Å². The smallest absolute Gasteiger partial charge is 0.113 e. The number of nitrogens with zero attached hydrogens (tertiary/aromatic N) is 3. The molecule has 0 radical (unpaired) electrons. The Morgan fingerprint density at radius 1 is 1.43 bits per heavy atom. The van der Waals surface area contributed by atoms with Crippen molar-refractivity contribution in [1.29, 1.82) is 0 Å². The van der Waals surface area contributed by atoms with Gasteiger partial charge in [0.2, 0.25) is 0 Å². The zero-order valence-electron chi connectivity index (χ0n) is 7.55. The van der Waals surface area contributed by atoms with Crippen molar-refractivity contribution in [3.8, 4) is 0 Å². The fraction of sp³-hybridized carbons (Fsp3) is 0.200. The first kappa shape index (κ1) is 8.66. The summed E-state index contributed by atoms with van der Waals surface area (Å²) in [5.41, 5.74) is 11.4. The van der Waals surface area contributed by atoms with E-state index < -0.39 is 0 Å². The molecule has 0 aromatic heterocycles. The summed E-state index contributed by atoms with van der Waals surface area (Å²) in [6, 6.07) is 7.96. The molecule has 0 saturated heterocycles. The maximum atomic E-state index is 8.24. The van der Waals surface area contributed by atoms with E-state index in [0.717, 1.165) is 16.7 Å². The van der Waals surface area contributed by atoms with E-state index in [1.807, 2.05) is 24.3 Å². The quantitative estimate of drug-likeness (QED) is 0.399. The van der Waals surface area contributed by atoms with Crippen LogP contribution in [0.4, 0.5) is 0 Å². The molecule has 0 atom stereocenters. The first-order chi connectivity index (χ1) is 6.92. The van der Waals surface area contributed by atoms with Crippen LogP contribution in [-0.4, -0.2) is 6.54 Å². The number of fused-ring (bicyclic) bond motifs is 1. The minimum absolute atomic E-state index is 0.341. The molecule has 14 heavy (non-hydrogen) atoms. The van der Waals surface area contributed by atoms with Crippen molar-refractivity contribution in [2.24, 2.45) is 5.11 Å². The van der Waals surface area contributed by atoms with Gasteiger partial charge in [-0.05, 0) is 16.7 Å². The molecule has 0 fully saturated rings. The first-order valence-electron chi connectivity index (χ1n) is 4.31. The molecule has 1 aliphatic rings. The van der Waals surface area contributed by atoms with E-state index in [0.29, 0.717) is 13.2 Å².